The maximum Gasteiger partial charge on any atom is 1.00 e. The summed E-state index contributed by atoms with van der Waals surface area (Å²) in [5.41, 5.74) is 0. The number of aromatic nitrogens is 12. The molecule has 0 aromatic carbocycles. The molecule has 0 saturated carbocycles. The summed E-state index contributed by atoms with van der Waals surface area (Å²) in [6.45, 7) is 3.87. The molecule has 0 saturated heterocycles. The molecular formula is C29H39B2Cu2F8N13Se6. The van der Waals surface area contributed by atoms with E-state index in [-0.39, 0.29) is 34.1 Å². The van der Waals surface area contributed by atoms with Gasteiger partial charge in [-0.2, -0.15) is 5.26 Å². The van der Waals surface area contributed by atoms with Crippen LogP contribution >= 0.6 is 0 Å². The molecule has 0 atom stereocenters. The first-order valence-corrected chi connectivity index (χ1v) is 21.2. The second-order valence-corrected chi connectivity index (χ2v) is 16.2. The van der Waals surface area contributed by atoms with Crippen molar-refractivity contribution in [1.82, 2.24) is 27.4 Å². The normalized spacial score (nSPS) is 10.2. The molecule has 0 spiro atoms. The summed E-state index contributed by atoms with van der Waals surface area (Å²) in [4.78, 5) is 0. The summed E-state index contributed by atoms with van der Waals surface area (Å²) >= 11 is 18.4. The fourth-order valence-corrected chi connectivity index (χ4v) is 6.46. The van der Waals surface area contributed by atoms with E-state index in [2.05, 4.69) is 188 Å². The topological polar surface area (TPSA) is 76.7 Å². The molecule has 31 heteroatoms. The van der Waals surface area contributed by atoms with Crippen molar-refractivity contribution in [2.75, 3.05) is 0 Å². The Morgan fingerprint density at radius 3 is 0.583 bits per heavy atom. The number of imidazole rings is 6. The minimum atomic E-state index is -6.00. The number of hydrogen-bond acceptors (Lipinski definition) is 1. The summed E-state index contributed by atoms with van der Waals surface area (Å²) in [7, 11) is 0.149. The van der Waals surface area contributed by atoms with Gasteiger partial charge in [-0.05, 0) is 0 Å². The van der Waals surface area contributed by atoms with Crippen molar-refractivity contribution in [2.45, 2.75) is 26.9 Å². The van der Waals surface area contributed by atoms with Gasteiger partial charge in [0.05, 0.1) is 6.07 Å². The second-order valence-electron chi connectivity index (χ2n) is 11.6. The molecule has 6 aromatic rings. The van der Waals surface area contributed by atoms with E-state index < -0.39 is 14.5 Å². The summed E-state index contributed by atoms with van der Waals surface area (Å²) in [6.07, 6.45) is 24.6. The Kier molecular flexibility index (Phi) is 28.6. The molecule has 13 nitrogen and oxygen atoms in total. The van der Waals surface area contributed by atoms with Crippen molar-refractivity contribution >= 4 is 139 Å². The van der Waals surface area contributed by atoms with Gasteiger partial charge >= 0.3 is 365 Å². The Labute approximate surface area is 413 Å². The maximum absolute atomic E-state index is 9.75. The van der Waals surface area contributed by atoms with E-state index in [4.69, 9.17) is 5.26 Å². The molecule has 0 aliphatic heterocycles. The molecule has 340 valence electrons. The molecule has 0 aliphatic carbocycles. The van der Waals surface area contributed by atoms with Crippen LogP contribution in [0.1, 0.15) is 6.92 Å². The smallest absolute Gasteiger partial charge is 0.418 e. The zero-order valence-corrected chi connectivity index (χ0v) is 44.8. The number of rotatable bonds is 6. The Morgan fingerprint density at radius 2 is 0.517 bits per heavy atom. The van der Waals surface area contributed by atoms with Crippen LogP contribution in [0.2, 0.25) is 0 Å². The Bertz CT molecular complexity index is 1860. The third-order valence-electron chi connectivity index (χ3n) is 7.02. The number of nitrogens with zero attached hydrogens (tertiary/aromatic N) is 13. The van der Waals surface area contributed by atoms with Crippen LogP contribution in [0.15, 0.2) is 74.4 Å². The van der Waals surface area contributed by atoms with Gasteiger partial charge in [0, 0.05) is 6.92 Å². The minimum Gasteiger partial charge on any atom is -0.418 e. The maximum atomic E-state index is 9.75. The monoisotopic (exact) mass is 1350 g/mol. The second kappa shape index (κ2) is 28.3. The van der Waals surface area contributed by atoms with Crippen molar-refractivity contribution in [3.63, 3.8) is 0 Å². The average Bonchev–Trinajstić information content (AvgIpc) is 3.94. The fraction of sp³-hybridized carbons (Fsp3) is 0.345. The molecule has 6 aromatic heterocycles. The van der Waals surface area contributed by atoms with E-state index in [9.17, 15) is 34.5 Å². The molecule has 60 heavy (non-hydrogen) atoms. The third kappa shape index (κ3) is 22.2. The molecule has 0 radical (unpaired) electrons. The quantitative estimate of drug-likeness (QED) is 0.0933. The van der Waals surface area contributed by atoms with E-state index in [0.717, 1.165) is 48.3 Å². The fourth-order valence-electron chi connectivity index (χ4n) is 4.20. The number of aryl methyl sites for hydroxylation is 6. The van der Waals surface area contributed by atoms with E-state index >= 15 is 0 Å². The summed E-state index contributed by atoms with van der Waals surface area (Å²) in [6, 6.07) is 1.75. The average molecular weight is 1340 g/mol. The molecule has 6 heterocycles. The molecule has 6 rings (SSSR count). The molecular weight excluding hydrogens is 1300 g/mol. The van der Waals surface area contributed by atoms with Crippen molar-refractivity contribution in [3.8, 4) is 6.07 Å². The van der Waals surface area contributed by atoms with Crippen molar-refractivity contribution in [3.05, 3.63) is 74.4 Å². The SMILES string of the molecule is CC#N.C[n+]1ccn(Cn2cc[n+](C)c2[Se-])c1[Se-].C[n+]1ccn(Cn2cc[n+](C)c2[Se-])c1[Se-].C[n+]1ccn(Cn2cc[n+](C)c2[Se-])c1[Se-].F[B-](F)(F)F.F[B-](F)(F)F.[Cu+].[Cu+]. The number of halogens is 8. The summed E-state index contributed by atoms with van der Waals surface area (Å²) in [5, 5.41) is 7.32. The van der Waals surface area contributed by atoms with Gasteiger partial charge < -0.3 is 34.5 Å². The number of nitriles is 1. The first-order valence-electron chi connectivity index (χ1n) is 16.1. The largest absolute Gasteiger partial charge is 1.00 e. The van der Waals surface area contributed by atoms with Gasteiger partial charge in [-0.1, -0.05) is 0 Å². The van der Waals surface area contributed by atoms with Crippen LogP contribution in [-0.2, 0) is 96.4 Å². The number of hydrogen-bond donors (Lipinski definition) is 0. The van der Waals surface area contributed by atoms with E-state index in [1.165, 1.54) is 6.92 Å². The Morgan fingerprint density at radius 1 is 0.417 bits per heavy atom. The van der Waals surface area contributed by atoms with Gasteiger partial charge in [0.25, 0.3) is 0 Å². The van der Waals surface area contributed by atoms with Crippen LogP contribution < -0.4 is 55.7 Å². The summed E-state index contributed by atoms with van der Waals surface area (Å²) in [5.74, 6) is 0. The molecule has 0 N–H and O–H groups in total. The molecule has 0 unspecified atom stereocenters. The molecule has 0 amide bonds. The first kappa shape index (κ1) is 60.6. The van der Waals surface area contributed by atoms with Crippen LogP contribution in [0, 0.1) is 11.3 Å². The van der Waals surface area contributed by atoms with E-state index in [0.29, 0.717) is 0 Å². The Balaban J connectivity index is 0. The van der Waals surface area contributed by atoms with Gasteiger partial charge in [-0.25, -0.2) is 0 Å². The van der Waals surface area contributed by atoms with Crippen LogP contribution in [-0.4, -0.2) is 138 Å². The van der Waals surface area contributed by atoms with Crippen LogP contribution in [0.3, 0.4) is 0 Å². The molecule has 0 fully saturated rings. The molecule has 0 bridgehead atoms. The van der Waals surface area contributed by atoms with Gasteiger partial charge in [0.2, 0.25) is 0 Å². The van der Waals surface area contributed by atoms with Gasteiger partial charge in [-0.15, -0.1) is 0 Å². The van der Waals surface area contributed by atoms with Crippen molar-refractivity contribution in [1.29, 1.82) is 5.26 Å². The Hall–Kier alpha value is -1.52. The summed E-state index contributed by atoms with van der Waals surface area (Å²) < 4.78 is 110. The standard InChI is InChI=1S/3C9H12N4Se2.C2H3N.2BF4.2Cu/c3*1-10-3-5-12(8(10)14)7-13-6-4-11(2)9(13)15;1-2-3;2*2-1(3,4)5;;/h3*3-6H,7H2,1-2H3;1H3;;;;/q;;;;2*-1;2*+1. The predicted molar refractivity (Wildman–Crippen MR) is 204 cm³/mol. The van der Waals surface area contributed by atoms with E-state index in [1.807, 2.05) is 79.5 Å². The van der Waals surface area contributed by atoms with E-state index in [1.54, 1.807) is 6.07 Å². The van der Waals surface area contributed by atoms with Crippen LogP contribution in [0.5, 0.6) is 0 Å². The van der Waals surface area contributed by atoms with Gasteiger partial charge in [0.1, 0.15) is 0 Å². The van der Waals surface area contributed by atoms with Crippen LogP contribution in [0.4, 0.5) is 34.5 Å². The third-order valence-corrected chi connectivity index (χ3v) is 13.6. The zero-order chi connectivity index (χ0) is 44.7. The van der Waals surface area contributed by atoms with Crippen LogP contribution in [0.25, 0.3) is 0 Å². The molecule has 0 aliphatic rings. The zero-order valence-electron chi connectivity index (χ0n) is 32.6. The first-order chi connectivity index (χ1) is 26.7. The van der Waals surface area contributed by atoms with Gasteiger partial charge in [-0.3, -0.25) is 0 Å². The predicted octanol–water partition coefficient (Wildman–Crippen LogP) is -5.78. The van der Waals surface area contributed by atoms with Crippen molar-refractivity contribution < 1.29 is 96.1 Å². The minimum absolute atomic E-state index is 0. The van der Waals surface area contributed by atoms with Gasteiger partial charge in [0.15, 0.2) is 0 Å². The van der Waals surface area contributed by atoms with Crippen molar-refractivity contribution in [2.24, 2.45) is 42.3 Å².